The average molecular weight is 221 g/mol. The van der Waals surface area contributed by atoms with Crippen LogP contribution in [0.25, 0.3) is 0 Å². The van der Waals surface area contributed by atoms with Gasteiger partial charge in [0, 0.05) is 12.6 Å². The molecule has 2 fully saturated rings. The van der Waals surface area contributed by atoms with E-state index >= 15 is 0 Å². The van der Waals surface area contributed by atoms with Crippen LogP contribution in [0.5, 0.6) is 0 Å². The summed E-state index contributed by atoms with van der Waals surface area (Å²) < 4.78 is 0. The van der Waals surface area contributed by atoms with Gasteiger partial charge in [-0.2, -0.15) is 5.26 Å². The van der Waals surface area contributed by atoms with E-state index in [0.29, 0.717) is 12.0 Å². The Morgan fingerprint density at radius 2 is 2.06 bits per heavy atom. The Labute approximate surface area is 98.8 Å². The molecular weight excluding hydrogens is 198 g/mol. The summed E-state index contributed by atoms with van der Waals surface area (Å²) in [6.07, 6.45) is 5.15. The molecule has 2 aliphatic carbocycles. The molecule has 2 saturated carbocycles. The molecule has 0 aromatic heterocycles. The van der Waals surface area contributed by atoms with Crippen LogP contribution in [0.3, 0.4) is 0 Å². The highest BCUT2D eigenvalue weighted by molar-refractivity contribution is 5.16. The highest BCUT2D eigenvalue weighted by Gasteiger charge is 2.46. The third kappa shape index (κ3) is 2.23. The third-order valence-corrected chi connectivity index (χ3v) is 4.42. The maximum Gasteiger partial charge on any atom is 0.122 e. The maximum atomic E-state index is 9.43. The molecule has 2 aliphatic rings. The van der Waals surface area contributed by atoms with E-state index < -0.39 is 0 Å². The Hall–Kier alpha value is -0.590. The first-order valence-corrected chi connectivity index (χ1v) is 6.43. The van der Waals surface area contributed by atoms with Gasteiger partial charge in [0.25, 0.3) is 0 Å². The van der Waals surface area contributed by atoms with Crippen molar-refractivity contribution in [2.24, 2.45) is 11.8 Å². The van der Waals surface area contributed by atoms with Crippen LogP contribution >= 0.6 is 0 Å². The van der Waals surface area contributed by atoms with E-state index in [0.717, 1.165) is 12.5 Å². The number of nitrogens with one attached hydrogen (secondary N) is 1. The first-order valence-electron chi connectivity index (χ1n) is 6.43. The lowest BCUT2D eigenvalue weighted by Crippen LogP contribution is -2.54. The van der Waals surface area contributed by atoms with Crippen molar-refractivity contribution in [2.45, 2.75) is 44.2 Å². The fourth-order valence-electron chi connectivity index (χ4n) is 2.65. The Kier molecular flexibility index (Phi) is 3.23. The third-order valence-electron chi connectivity index (χ3n) is 4.42. The summed E-state index contributed by atoms with van der Waals surface area (Å²) in [5.41, 5.74) is -0.308. The molecule has 3 heteroatoms. The Bertz CT molecular complexity index is 288. The van der Waals surface area contributed by atoms with E-state index in [9.17, 15) is 5.26 Å². The van der Waals surface area contributed by atoms with Crippen LogP contribution < -0.4 is 5.32 Å². The molecule has 0 saturated heterocycles. The summed E-state index contributed by atoms with van der Waals surface area (Å²) in [5.74, 6) is 1.44. The zero-order valence-electron chi connectivity index (χ0n) is 10.7. The van der Waals surface area contributed by atoms with E-state index in [1.165, 1.54) is 25.7 Å². The molecule has 0 heterocycles. The smallest absolute Gasteiger partial charge is 0.122 e. The minimum atomic E-state index is -0.308. The second-order valence-corrected chi connectivity index (χ2v) is 5.60. The van der Waals surface area contributed by atoms with Crippen LogP contribution in [0.4, 0.5) is 0 Å². The second-order valence-electron chi connectivity index (χ2n) is 5.60. The van der Waals surface area contributed by atoms with Crippen molar-refractivity contribution < 1.29 is 0 Å². The van der Waals surface area contributed by atoms with Gasteiger partial charge < -0.3 is 10.2 Å². The topological polar surface area (TPSA) is 39.1 Å². The zero-order valence-corrected chi connectivity index (χ0v) is 10.7. The van der Waals surface area contributed by atoms with Crippen LogP contribution in [-0.2, 0) is 0 Å². The molecule has 2 atom stereocenters. The van der Waals surface area contributed by atoms with Crippen molar-refractivity contribution in [3.8, 4) is 6.07 Å². The molecule has 0 bridgehead atoms. The normalized spacial score (nSPS) is 26.2. The number of likely N-dealkylation sites (N-methyl/N-ethyl adjacent to an activating group) is 2. The predicted octanol–water partition coefficient (Wildman–Crippen LogP) is 1.61. The van der Waals surface area contributed by atoms with Crippen molar-refractivity contribution in [3.63, 3.8) is 0 Å². The molecule has 2 unspecified atom stereocenters. The van der Waals surface area contributed by atoms with Gasteiger partial charge in [-0.25, -0.2) is 0 Å². The first-order chi connectivity index (χ1) is 7.63. The van der Waals surface area contributed by atoms with E-state index in [4.69, 9.17) is 0 Å². The molecule has 0 aliphatic heterocycles. The molecule has 90 valence electrons. The summed E-state index contributed by atoms with van der Waals surface area (Å²) in [5, 5.41) is 12.7. The summed E-state index contributed by atoms with van der Waals surface area (Å²) >= 11 is 0. The minimum Gasteiger partial charge on any atom is -0.301 e. The van der Waals surface area contributed by atoms with Crippen LogP contribution in [-0.4, -0.2) is 37.1 Å². The molecule has 2 rings (SSSR count). The van der Waals surface area contributed by atoms with Crippen LogP contribution in [0.2, 0.25) is 0 Å². The lowest BCUT2D eigenvalue weighted by Gasteiger charge is -2.34. The number of nitriles is 1. The van der Waals surface area contributed by atoms with Crippen molar-refractivity contribution in [1.82, 2.24) is 10.2 Å². The highest BCUT2D eigenvalue weighted by atomic mass is 15.2. The van der Waals surface area contributed by atoms with E-state index in [-0.39, 0.29) is 5.54 Å². The SMILES string of the molecule is CNC(C#N)(CN(C)C(C)C1CC1)C1CC1. The highest BCUT2D eigenvalue weighted by Crippen LogP contribution is 2.41. The number of rotatable bonds is 6. The van der Waals surface area contributed by atoms with Crippen molar-refractivity contribution in [3.05, 3.63) is 0 Å². The fraction of sp³-hybridized carbons (Fsp3) is 0.923. The molecule has 0 aromatic rings. The van der Waals surface area contributed by atoms with Gasteiger partial charge in [-0.05, 0) is 58.5 Å². The second kappa shape index (κ2) is 4.35. The summed E-state index contributed by atoms with van der Waals surface area (Å²) in [4.78, 5) is 2.37. The first kappa shape index (κ1) is 11.9. The molecular formula is C13H23N3. The fourth-order valence-corrected chi connectivity index (χ4v) is 2.65. The summed E-state index contributed by atoms with van der Waals surface area (Å²) in [6.45, 7) is 3.16. The molecule has 1 N–H and O–H groups in total. The van der Waals surface area contributed by atoms with Crippen LogP contribution in [0.15, 0.2) is 0 Å². The van der Waals surface area contributed by atoms with E-state index in [2.05, 4.69) is 30.3 Å². The standard InChI is InChI=1S/C13H23N3/c1-10(11-4-5-11)16(3)9-13(8-14,15-2)12-6-7-12/h10-12,15H,4-7,9H2,1-3H3. The largest absolute Gasteiger partial charge is 0.301 e. The lowest BCUT2D eigenvalue weighted by molar-refractivity contribution is 0.177. The monoisotopic (exact) mass is 221 g/mol. The molecule has 0 amide bonds. The minimum absolute atomic E-state index is 0.308. The summed E-state index contributed by atoms with van der Waals surface area (Å²) in [7, 11) is 4.09. The predicted molar refractivity (Wildman–Crippen MR) is 64.9 cm³/mol. The Balaban J connectivity index is 1.96. The Morgan fingerprint density at radius 3 is 2.44 bits per heavy atom. The van der Waals surface area contributed by atoms with Gasteiger partial charge in [0.1, 0.15) is 5.54 Å². The quantitative estimate of drug-likeness (QED) is 0.740. The van der Waals surface area contributed by atoms with Gasteiger partial charge in [0.05, 0.1) is 6.07 Å². The van der Waals surface area contributed by atoms with E-state index in [1.807, 2.05) is 7.05 Å². The van der Waals surface area contributed by atoms with Gasteiger partial charge in [0.15, 0.2) is 0 Å². The van der Waals surface area contributed by atoms with Crippen LogP contribution in [0.1, 0.15) is 32.6 Å². The number of hydrogen-bond donors (Lipinski definition) is 1. The van der Waals surface area contributed by atoms with Gasteiger partial charge in [0.2, 0.25) is 0 Å². The molecule has 0 aromatic carbocycles. The van der Waals surface area contributed by atoms with Crippen molar-refractivity contribution in [2.75, 3.05) is 20.6 Å². The van der Waals surface area contributed by atoms with Crippen molar-refractivity contribution >= 4 is 0 Å². The zero-order chi connectivity index (χ0) is 11.8. The lowest BCUT2D eigenvalue weighted by atomic mass is 9.93. The molecule has 0 spiro atoms. The van der Waals surface area contributed by atoms with Crippen molar-refractivity contribution in [1.29, 1.82) is 5.26 Å². The Morgan fingerprint density at radius 1 is 1.44 bits per heavy atom. The molecule has 0 radical (unpaired) electrons. The molecule has 3 nitrogen and oxygen atoms in total. The summed E-state index contributed by atoms with van der Waals surface area (Å²) in [6, 6.07) is 3.14. The maximum absolute atomic E-state index is 9.43. The molecule has 16 heavy (non-hydrogen) atoms. The average Bonchev–Trinajstić information content (AvgIpc) is 3.16. The van der Waals surface area contributed by atoms with Gasteiger partial charge in [-0.3, -0.25) is 0 Å². The van der Waals surface area contributed by atoms with Gasteiger partial charge in [-0.15, -0.1) is 0 Å². The number of hydrogen-bond acceptors (Lipinski definition) is 3. The van der Waals surface area contributed by atoms with Gasteiger partial charge in [-0.1, -0.05) is 0 Å². The number of nitrogens with zero attached hydrogens (tertiary/aromatic N) is 2. The van der Waals surface area contributed by atoms with Gasteiger partial charge >= 0.3 is 0 Å². The van der Waals surface area contributed by atoms with E-state index in [1.54, 1.807) is 0 Å². The van der Waals surface area contributed by atoms with Crippen LogP contribution in [0, 0.1) is 23.2 Å².